The molecule has 0 aliphatic carbocycles. The van der Waals surface area contributed by atoms with Crippen molar-refractivity contribution in [2.75, 3.05) is 11.9 Å². The highest BCUT2D eigenvalue weighted by molar-refractivity contribution is 6.37. The molecule has 1 aromatic heterocycles. The first-order valence-electron chi connectivity index (χ1n) is 8.18. The van der Waals surface area contributed by atoms with Crippen molar-refractivity contribution in [2.24, 2.45) is 0 Å². The number of nitrogens with zero attached hydrogens (tertiary/aromatic N) is 2. The topological polar surface area (TPSA) is 117 Å². The van der Waals surface area contributed by atoms with Crippen molar-refractivity contribution in [3.05, 3.63) is 57.4 Å². The van der Waals surface area contributed by atoms with Crippen LogP contribution in [0, 0.1) is 6.92 Å². The molecule has 3 amide bonds. The van der Waals surface area contributed by atoms with Crippen molar-refractivity contribution < 1.29 is 37.5 Å². The lowest BCUT2D eigenvalue weighted by molar-refractivity contribution is -0.138. The van der Waals surface area contributed by atoms with Gasteiger partial charge in [0, 0.05) is 5.56 Å². The summed E-state index contributed by atoms with van der Waals surface area (Å²) in [7, 11) is 0. The van der Waals surface area contributed by atoms with Gasteiger partial charge in [-0.15, -0.1) is 0 Å². The van der Waals surface area contributed by atoms with Crippen molar-refractivity contribution in [3.8, 4) is 0 Å². The second kappa shape index (κ2) is 7.41. The number of fused-ring (bicyclic) bond motifs is 1. The average Bonchev–Trinajstić information content (AvgIpc) is 2.89. The monoisotopic (exact) mass is 441 g/mol. The SMILES string of the molecule is Cc1nc(Cl)c2c(c1NC(=O)c1ccc(C(F)(F)F)cc1)C(=O)N(CC(=O)O)C2=O. The van der Waals surface area contributed by atoms with E-state index in [2.05, 4.69) is 10.3 Å². The molecule has 0 spiro atoms. The van der Waals surface area contributed by atoms with Crippen LogP contribution in [0.5, 0.6) is 0 Å². The van der Waals surface area contributed by atoms with Crippen LogP contribution in [-0.2, 0) is 11.0 Å². The summed E-state index contributed by atoms with van der Waals surface area (Å²) in [6, 6.07) is 3.33. The third-order valence-corrected chi connectivity index (χ3v) is 4.53. The zero-order valence-electron chi connectivity index (χ0n) is 15.0. The van der Waals surface area contributed by atoms with Crippen molar-refractivity contribution in [1.82, 2.24) is 9.88 Å². The minimum Gasteiger partial charge on any atom is -0.480 e. The highest BCUT2D eigenvalue weighted by Crippen LogP contribution is 2.35. The fraction of sp³-hybridized carbons (Fsp3) is 0.167. The Kier molecular flexibility index (Phi) is 5.25. The predicted molar refractivity (Wildman–Crippen MR) is 96.4 cm³/mol. The number of aryl methyl sites for hydroxylation is 1. The van der Waals surface area contributed by atoms with Crippen LogP contribution in [0.15, 0.2) is 24.3 Å². The number of carbonyl (C=O) groups is 4. The molecule has 1 aliphatic heterocycles. The molecule has 2 N–H and O–H groups in total. The summed E-state index contributed by atoms with van der Waals surface area (Å²) in [6.45, 7) is 0.458. The highest BCUT2D eigenvalue weighted by atomic mass is 35.5. The Balaban J connectivity index is 1.99. The van der Waals surface area contributed by atoms with E-state index in [4.69, 9.17) is 16.7 Å². The van der Waals surface area contributed by atoms with E-state index < -0.39 is 42.0 Å². The number of imide groups is 1. The van der Waals surface area contributed by atoms with Gasteiger partial charge in [0.2, 0.25) is 0 Å². The van der Waals surface area contributed by atoms with Gasteiger partial charge in [-0.25, -0.2) is 4.98 Å². The molecule has 2 aromatic rings. The summed E-state index contributed by atoms with van der Waals surface area (Å²) >= 11 is 5.95. The van der Waals surface area contributed by atoms with E-state index in [0.717, 1.165) is 24.3 Å². The van der Waals surface area contributed by atoms with Gasteiger partial charge in [0.25, 0.3) is 17.7 Å². The van der Waals surface area contributed by atoms with Crippen molar-refractivity contribution in [2.45, 2.75) is 13.1 Å². The molecular formula is C18H11ClF3N3O5. The van der Waals surface area contributed by atoms with Gasteiger partial charge >= 0.3 is 12.1 Å². The van der Waals surface area contributed by atoms with Crippen LogP contribution in [0.4, 0.5) is 18.9 Å². The lowest BCUT2D eigenvalue weighted by Crippen LogP contribution is -2.34. The van der Waals surface area contributed by atoms with Crippen LogP contribution in [-0.4, -0.2) is 45.2 Å². The molecule has 3 rings (SSSR count). The molecule has 2 heterocycles. The number of carbonyl (C=O) groups excluding carboxylic acids is 3. The zero-order chi connectivity index (χ0) is 22.4. The number of aliphatic carboxylic acids is 1. The molecule has 0 atom stereocenters. The average molecular weight is 442 g/mol. The molecule has 0 bridgehead atoms. The van der Waals surface area contributed by atoms with Crippen LogP contribution < -0.4 is 5.32 Å². The Morgan fingerprint density at radius 3 is 2.23 bits per heavy atom. The largest absolute Gasteiger partial charge is 0.480 e. The Hall–Kier alpha value is -3.47. The summed E-state index contributed by atoms with van der Waals surface area (Å²) in [4.78, 5) is 52.8. The first-order chi connectivity index (χ1) is 13.9. The van der Waals surface area contributed by atoms with Gasteiger partial charge in [0.1, 0.15) is 11.7 Å². The molecular weight excluding hydrogens is 431 g/mol. The maximum atomic E-state index is 12.7. The number of carboxylic acid groups (broad SMARTS) is 1. The predicted octanol–water partition coefficient (Wildman–Crippen LogP) is 3.00. The number of rotatable bonds is 4. The highest BCUT2D eigenvalue weighted by Gasteiger charge is 2.42. The lowest BCUT2D eigenvalue weighted by Gasteiger charge is -2.13. The molecule has 0 saturated carbocycles. The molecule has 1 aromatic carbocycles. The van der Waals surface area contributed by atoms with Crippen molar-refractivity contribution >= 4 is 41.0 Å². The van der Waals surface area contributed by atoms with Gasteiger partial charge in [-0.2, -0.15) is 13.2 Å². The van der Waals surface area contributed by atoms with E-state index in [1.807, 2.05) is 0 Å². The van der Waals surface area contributed by atoms with Gasteiger partial charge in [-0.05, 0) is 31.2 Å². The Bertz CT molecular complexity index is 1100. The molecule has 0 radical (unpaired) electrons. The van der Waals surface area contributed by atoms with Crippen molar-refractivity contribution in [1.29, 1.82) is 0 Å². The maximum Gasteiger partial charge on any atom is 0.416 e. The quantitative estimate of drug-likeness (QED) is 0.556. The Labute approximate surface area is 171 Å². The number of nitrogens with one attached hydrogen (secondary N) is 1. The van der Waals surface area contributed by atoms with E-state index in [0.29, 0.717) is 4.90 Å². The van der Waals surface area contributed by atoms with E-state index >= 15 is 0 Å². The molecule has 0 unspecified atom stereocenters. The van der Waals surface area contributed by atoms with Gasteiger partial charge in [-0.1, -0.05) is 11.6 Å². The van der Waals surface area contributed by atoms with Gasteiger partial charge in [0.15, 0.2) is 0 Å². The first-order valence-corrected chi connectivity index (χ1v) is 8.56. The van der Waals surface area contributed by atoms with E-state index in [9.17, 15) is 32.3 Å². The number of amides is 3. The molecule has 8 nitrogen and oxygen atoms in total. The molecule has 30 heavy (non-hydrogen) atoms. The van der Waals surface area contributed by atoms with Crippen molar-refractivity contribution in [3.63, 3.8) is 0 Å². The van der Waals surface area contributed by atoms with Crippen LogP contribution >= 0.6 is 11.6 Å². The molecule has 12 heteroatoms. The molecule has 0 saturated heterocycles. The summed E-state index contributed by atoms with van der Waals surface area (Å²) in [5.41, 5.74) is -1.93. The second-order valence-electron chi connectivity index (χ2n) is 6.23. The third kappa shape index (κ3) is 3.71. The fourth-order valence-corrected chi connectivity index (χ4v) is 3.17. The Morgan fingerprint density at radius 1 is 1.13 bits per heavy atom. The summed E-state index contributed by atoms with van der Waals surface area (Å²) < 4.78 is 38.0. The number of halogens is 4. The van der Waals surface area contributed by atoms with E-state index in [1.165, 1.54) is 6.92 Å². The number of hydrogen-bond donors (Lipinski definition) is 2. The number of alkyl halides is 3. The lowest BCUT2D eigenvalue weighted by atomic mass is 10.1. The van der Waals surface area contributed by atoms with E-state index in [1.54, 1.807) is 0 Å². The fourth-order valence-electron chi connectivity index (χ4n) is 2.87. The van der Waals surface area contributed by atoms with Gasteiger partial charge in [0.05, 0.1) is 28.1 Å². The molecule has 156 valence electrons. The van der Waals surface area contributed by atoms with Crippen LogP contribution in [0.2, 0.25) is 5.15 Å². The number of anilines is 1. The van der Waals surface area contributed by atoms with E-state index in [-0.39, 0.29) is 33.2 Å². The summed E-state index contributed by atoms with van der Waals surface area (Å²) in [5, 5.41) is 10.9. The first kappa shape index (κ1) is 21.2. The molecule has 1 aliphatic rings. The number of pyridine rings is 1. The zero-order valence-corrected chi connectivity index (χ0v) is 15.8. The Morgan fingerprint density at radius 2 is 1.70 bits per heavy atom. The second-order valence-corrected chi connectivity index (χ2v) is 6.59. The van der Waals surface area contributed by atoms with Gasteiger partial charge < -0.3 is 10.4 Å². The van der Waals surface area contributed by atoms with Crippen LogP contribution in [0.25, 0.3) is 0 Å². The standard InChI is InChI=1S/C18H11ClF3N3O5/c1-7-13(24-15(28)8-2-4-9(5-3-8)18(20,21)22)11-12(14(19)23-7)17(30)25(16(11)29)6-10(26)27/h2-5H,6H2,1H3,(H,24,28)(H,26,27). The maximum absolute atomic E-state index is 12.7. The number of carboxylic acids is 1. The number of hydrogen-bond acceptors (Lipinski definition) is 5. The van der Waals surface area contributed by atoms with Crippen LogP contribution in [0.3, 0.4) is 0 Å². The summed E-state index contributed by atoms with van der Waals surface area (Å²) in [6.07, 6.45) is -4.58. The minimum atomic E-state index is -4.58. The van der Waals surface area contributed by atoms with Gasteiger partial charge in [-0.3, -0.25) is 24.1 Å². The number of benzene rings is 1. The summed E-state index contributed by atoms with van der Waals surface area (Å²) in [5.74, 6) is -4.29. The smallest absolute Gasteiger partial charge is 0.416 e. The minimum absolute atomic E-state index is 0.0531. The molecule has 0 fully saturated rings. The van der Waals surface area contributed by atoms with Crippen LogP contribution in [0.1, 0.15) is 42.3 Å². The normalized spacial score (nSPS) is 13.4. The third-order valence-electron chi connectivity index (χ3n) is 4.26. The number of aromatic nitrogens is 1.